The second-order valence-corrected chi connectivity index (χ2v) is 8.17. The minimum Gasteiger partial charge on any atom is -0.308 e. The van der Waals surface area contributed by atoms with Crippen molar-refractivity contribution in [2.45, 2.75) is 64.3 Å². The Kier molecular flexibility index (Phi) is 5.44. The summed E-state index contributed by atoms with van der Waals surface area (Å²) in [6.45, 7) is 12.6. The van der Waals surface area contributed by atoms with Crippen molar-refractivity contribution in [3.63, 3.8) is 0 Å². The molecule has 1 aliphatic heterocycles. The molecule has 1 atom stereocenters. The number of rotatable bonds is 4. The fraction of sp³-hybridized carbons (Fsp3) is 0.824. The third kappa shape index (κ3) is 3.85. The van der Waals surface area contributed by atoms with Crippen LogP contribution in [0.5, 0.6) is 0 Å². The molecular weight excluding hydrogens is 278 g/mol. The van der Waals surface area contributed by atoms with E-state index < -0.39 is 0 Å². The molecule has 0 aliphatic carbocycles. The van der Waals surface area contributed by atoms with Crippen LogP contribution in [0, 0.1) is 0 Å². The van der Waals surface area contributed by atoms with E-state index in [1.54, 1.807) is 0 Å². The fourth-order valence-electron chi connectivity index (χ4n) is 3.14. The molecule has 21 heavy (non-hydrogen) atoms. The van der Waals surface area contributed by atoms with Gasteiger partial charge < -0.3 is 10.2 Å². The van der Waals surface area contributed by atoms with Crippen molar-refractivity contribution in [2.24, 2.45) is 0 Å². The second kappa shape index (κ2) is 6.76. The fourth-order valence-corrected chi connectivity index (χ4v) is 4.45. The molecule has 0 saturated carbocycles. The largest absolute Gasteiger partial charge is 0.308 e. The molecular formula is C17H31N3S. The Balaban J connectivity index is 2.19. The molecule has 1 aliphatic rings. The van der Waals surface area contributed by atoms with Gasteiger partial charge >= 0.3 is 0 Å². The second-order valence-electron chi connectivity index (χ2n) is 7.32. The zero-order valence-corrected chi connectivity index (χ0v) is 15.1. The Morgan fingerprint density at radius 3 is 2.67 bits per heavy atom. The number of hydrogen-bond donors (Lipinski definition) is 1. The van der Waals surface area contributed by atoms with Crippen LogP contribution in [0.1, 0.15) is 64.1 Å². The van der Waals surface area contributed by atoms with Crippen molar-refractivity contribution >= 4 is 11.3 Å². The van der Waals surface area contributed by atoms with Gasteiger partial charge in [0.2, 0.25) is 0 Å². The van der Waals surface area contributed by atoms with Crippen molar-refractivity contribution in [2.75, 3.05) is 26.7 Å². The van der Waals surface area contributed by atoms with E-state index in [4.69, 9.17) is 4.98 Å². The van der Waals surface area contributed by atoms with Crippen LogP contribution in [0.25, 0.3) is 0 Å². The summed E-state index contributed by atoms with van der Waals surface area (Å²) in [5.74, 6) is 0. The lowest BCUT2D eigenvalue weighted by atomic mass is 9.90. The Hall–Kier alpha value is -0.450. The highest BCUT2D eigenvalue weighted by atomic mass is 32.1. The Morgan fingerprint density at radius 2 is 2.10 bits per heavy atom. The van der Waals surface area contributed by atoms with Crippen LogP contribution in [0.2, 0.25) is 0 Å². The lowest BCUT2D eigenvalue weighted by Gasteiger charge is -2.30. The molecule has 4 heteroatoms. The summed E-state index contributed by atoms with van der Waals surface area (Å²) < 4.78 is 0. The van der Waals surface area contributed by atoms with Crippen LogP contribution in [0.4, 0.5) is 0 Å². The van der Waals surface area contributed by atoms with Crippen molar-refractivity contribution in [3.05, 3.63) is 16.1 Å². The van der Waals surface area contributed by atoms with Gasteiger partial charge in [0.1, 0.15) is 5.01 Å². The van der Waals surface area contributed by atoms with Gasteiger partial charge in [-0.3, -0.25) is 0 Å². The third-order valence-corrected chi connectivity index (χ3v) is 5.68. The highest BCUT2D eigenvalue weighted by Gasteiger charge is 2.36. The standard InChI is InChI=1S/C17H31N3S/c1-6-10-20-11-7-8-17(18-5,9-12-20)15-19-14(13-21-15)16(2,3)4/h13,18H,6-12H2,1-5H3. The van der Waals surface area contributed by atoms with Gasteiger partial charge in [0.05, 0.1) is 11.2 Å². The van der Waals surface area contributed by atoms with E-state index in [-0.39, 0.29) is 11.0 Å². The lowest BCUT2D eigenvalue weighted by Crippen LogP contribution is -2.41. The molecule has 1 unspecified atom stereocenters. The van der Waals surface area contributed by atoms with E-state index in [1.807, 2.05) is 11.3 Å². The van der Waals surface area contributed by atoms with Crippen molar-refractivity contribution < 1.29 is 0 Å². The number of aromatic nitrogens is 1. The third-order valence-electron chi connectivity index (χ3n) is 4.63. The van der Waals surface area contributed by atoms with Gasteiger partial charge in [-0.15, -0.1) is 11.3 Å². The molecule has 0 spiro atoms. The average molecular weight is 310 g/mol. The summed E-state index contributed by atoms with van der Waals surface area (Å²) in [5, 5.41) is 7.16. The molecule has 0 amide bonds. The van der Waals surface area contributed by atoms with Gasteiger partial charge in [0, 0.05) is 17.3 Å². The van der Waals surface area contributed by atoms with Crippen LogP contribution in [0.3, 0.4) is 0 Å². The summed E-state index contributed by atoms with van der Waals surface area (Å²) in [5.41, 5.74) is 1.45. The lowest BCUT2D eigenvalue weighted by molar-refractivity contribution is 0.264. The van der Waals surface area contributed by atoms with Crippen molar-refractivity contribution in [3.8, 4) is 0 Å². The summed E-state index contributed by atoms with van der Waals surface area (Å²) in [7, 11) is 2.10. The zero-order valence-electron chi connectivity index (χ0n) is 14.3. The first-order valence-corrected chi connectivity index (χ1v) is 9.17. The first-order chi connectivity index (χ1) is 9.91. The van der Waals surface area contributed by atoms with Gasteiger partial charge in [0.25, 0.3) is 0 Å². The van der Waals surface area contributed by atoms with Crippen LogP contribution in [-0.2, 0) is 11.0 Å². The van der Waals surface area contributed by atoms with Crippen molar-refractivity contribution in [1.82, 2.24) is 15.2 Å². The Morgan fingerprint density at radius 1 is 1.33 bits per heavy atom. The smallest absolute Gasteiger partial charge is 0.113 e. The maximum Gasteiger partial charge on any atom is 0.113 e. The van der Waals surface area contributed by atoms with Crippen LogP contribution in [-0.4, -0.2) is 36.6 Å². The highest BCUT2D eigenvalue weighted by Crippen LogP contribution is 2.36. The molecule has 0 aromatic carbocycles. The maximum absolute atomic E-state index is 5.00. The molecule has 2 heterocycles. The van der Waals surface area contributed by atoms with Gasteiger partial charge in [-0.1, -0.05) is 27.7 Å². The summed E-state index contributed by atoms with van der Waals surface area (Å²) in [6, 6.07) is 0. The van der Waals surface area contributed by atoms with Crippen molar-refractivity contribution in [1.29, 1.82) is 0 Å². The van der Waals surface area contributed by atoms with Gasteiger partial charge in [-0.2, -0.15) is 0 Å². The molecule has 2 rings (SSSR count). The zero-order chi connectivity index (χ0) is 15.5. The first-order valence-electron chi connectivity index (χ1n) is 8.29. The molecule has 3 nitrogen and oxygen atoms in total. The van der Waals surface area contributed by atoms with E-state index in [9.17, 15) is 0 Å². The summed E-state index contributed by atoms with van der Waals surface area (Å²) >= 11 is 1.84. The maximum atomic E-state index is 5.00. The highest BCUT2D eigenvalue weighted by molar-refractivity contribution is 7.09. The number of nitrogens with zero attached hydrogens (tertiary/aromatic N) is 2. The normalized spacial score (nSPS) is 25.0. The number of nitrogens with one attached hydrogen (secondary N) is 1. The van der Waals surface area contributed by atoms with E-state index in [0.717, 1.165) is 0 Å². The van der Waals surface area contributed by atoms with E-state index in [1.165, 1.54) is 56.0 Å². The van der Waals surface area contributed by atoms with Gasteiger partial charge in [0.15, 0.2) is 0 Å². The minimum atomic E-state index is 0.0800. The predicted molar refractivity (Wildman–Crippen MR) is 92.1 cm³/mol. The summed E-state index contributed by atoms with van der Waals surface area (Å²) in [4.78, 5) is 7.61. The summed E-state index contributed by atoms with van der Waals surface area (Å²) in [6.07, 6.45) is 4.87. The average Bonchev–Trinajstić information content (AvgIpc) is 2.84. The topological polar surface area (TPSA) is 28.2 Å². The minimum absolute atomic E-state index is 0.0800. The van der Waals surface area contributed by atoms with Gasteiger partial charge in [-0.05, 0) is 45.8 Å². The number of hydrogen-bond acceptors (Lipinski definition) is 4. The van der Waals surface area contributed by atoms with Crippen LogP contribution in [0.15, 0.2) is 5.38 Å². The molecule has 1 aromatic rings. The number of thiazole rings is 1. The monoisotopic (exact) mass is 309 g/mol. The molecule has 1 N–H and O–H groups in total. The number of likely N-dealkylation sites (tertiary alicyclic amines) is 1. The molecule has 0 radical (unpaired) electrons. The predicted octanol–water partition coefficient (Wildman–Crippen LogP) is 3.75. The Labute approximate surface area is 134 Å². The van der Waals surface area contributed by atoms with E-state index >= 15 is 0 Å². The molecule has 0 bridgehead atoms. The first kappa shape index (κ1) is 16.9. The molecule has 1 saturated heterocycles. The molecule has 1 aromatic heterocycles. The van der Waals surface area contributed by atoms with E-state index in [2.05, 4.69) is 50.3 Å². The van der Waals surface area contributed by atoms with E-state index in [0.29, 0.717) is 0 Å². The van der Waals surface area contributed by atoms with Crippen LogP contribution >= 0.6 is 11.3 Å². The van der Waals surface area contributed by atoms with Gasteiger partial charge in [-0.25, -0.2) is 4.98 Å². The molecule has 120 valence electrons. The van der Waals surface area contributed by atoms with Crippen LogP contribution < -0.4 is 5.32 Å². The quantitative estimate of drug-likeness (QED) is 0.918. The molecule has 1 fully saturated rings. The SMILES string of the molecule is CCCN1CCCC(NC)(c2nc(C(C)(C)C)cs2)CC1. The Bertz CT molecular complexity index is 449.